The summed E-state index contributed by atoms with van der Waals surface area (Å²) in [6, 6.07) is 8.33. The first-order valence-corrected chi connectivity index (χ1v) is 9.18. The molecule has 1 amide bonds. The van der Waals surface area contributed by atoms with Gasteiger partial charge in [-0.25, -0.2) is 0 Å². The molecular formula is C18H19N5O4S. The van der Waals surface area contributed by atoms with Crippen LogP contribution in [0, 0.1) is 0 Å². The number of phenolic OH excluding ortho intramolecular Hbond substituents is 1. The number of hydrogen-bond acceptors (Lipinski definition) is 7. The molecule has 3 aromatic rings. The van der Waals surface area contributed by atoms with Gasteiger partial charge in [0.2, 0.25) is 0 Å². The fraction of sp³-hybridized carbons (Fsp3) is 0.167. The van der Waals surface area contributed by atoms with Crippen molar-refractivity contribution < 1.29 is 9.90 Å². The second kappa shape index (κ2) is 8.01. The van der Waals surface area contributed by atoms with E-state index >= 15 is 0 Å². The van der Waals surface area contributed by atoms with Crippen LogP contribution in [0.5, 0.6) is 5.75 Å². The number of aromatic amines is 2. The highest BCUT2D eigenvalue weighted by molar-refractivity contribution is 7.09. The second-order valence-corrected chi connectivity index (χ2v) is 7.15. The number of anilines is 3. The number of amides is 1. The zero-order valence-corrected chi connectivity index (χ0v) is 16.0. The minimum absolute atomic E-state index is 0.0286. The summed E-state index contributed by atoms with van der Waals surface area (Å²) in [5.41, 5.74) is -0.950. The van der Waals surface area contributed by atoms with Crippen LogP contribution in [0.3, 0.4) is 0 Å². The van der Waals surface area contributed by atoms with Crippen LogP contribution in [-0.4, -0.2) is 40.2 Å². The number of carbonyl (C=O) groups is 1. The highest BCUT2D eigenvalue weighted by atomic mass is 32.1. The number of H-pyrrole nitrogens is 2. The van der Waals surface area contributed by atoms with Gasteiger partial charge in [0.1, 0.15) is 11.4 Å². The predicted octanol–water partition coefficient (Wildman–Crippen LogP) is 1.89. The van der Waals surface area contributed by atoms with Crippen molar-refractivity contribution in [3.63, 3.8) is 0 Å². The quantitative estimate of drug-likeness (QED) is 0.401. The molecular weight excluding hydrogens is 382 g/mol. The van der Waals surface area contributed by atoms with Crippen molar-refractivity contribution in [1.29, 1.82) is 0 Å². The molecule has 2 aromatic heterocycles. The van der Waals surface area contributed by atoms with Gasteiger partial charge >= 0.3 is 0 Å². The van der Waals surface area contributed by atoms with Gasteiger partial charge in [0, 0.05) is 25.5 Å². The third-order valence-corrected chi connectivity index (χ3v) is 4.82. The van der Waals surface area contributed by atoms with Gasteiger partial charge in [0.25, 0.3) is 17.0 Å². The number of thiophene rings is 1. The molecule has 1 aromatic carbocycles. The van der Waals surface area contributed by atoms with E-state index in [0.29, 0.717) is 6.54 Å². The molecule has 0 atom stereocenters. The largest absolute Gasteiger partial charge is 0.505 e. The third kappa shape index (κ3) is 3.91. The maximum atomic E-state index is 12.3. The van der Waals surface area contributed by atoms with Gasteiger partial charge in [-0.2, -0.15) is 0 Å². The Bertz CT molecular complexity index is 1100. The van der Waals surface area contributed by atoms with Crippen molar-refractivity contribution >= 4 is 34.3 Å². The van der Waals surface area contributed by atoms with Gasteiger partial charge in [-0.15, -0.1) is 11.3 Å². The molecule has 0 spiro atoms. The van der Waals surface area contributed by atoms with Gasteiger partial charge in [0.05, 0.1) is 11.3 Å². The number of aromatic nitrogens is 2. The smallest absolute Gasteiger partial charge is 0.288 e. The molecule has 0 fully saturated rings. The predicted molar refractivity (Wildman–Crippen MR) is 109 cm³/mol. The van der Waals surface area contributed by atoms with Crippen LogP contribution in [0.4, 0.5) is 17.1 Å². The van der Waals surface area contributed by atoms with Crippen molar-refractivity contribution in [2.45, 2.75) is 6.54 Å². The summed E-state index contributed by atoms with van der Waals surface area (Å²) in [6.07, 6.45) is 0. The van der Waals surface area contributed by atoms with Crippen molar-refractivity contribution in [1.82, 2.24) is 15.1 Å². The molecule has 0 saturated heterocycles. The minimum atomic E-state index is -0.586. The first-order valence-electron chi connectivity index (χ1n) is 8.30. The third-order valence-electron chi connectivity index (χ3n) is 3.95. The molecule has 0 unspecified atom stereocenters. The molecule has 0 aliphatic carbocycles. The van der Waals surface area contributed by atoms with E-state index < -0.39 is 17.0 Å². The summed E-state index contributed by atoms with van der Waals surface area (Å²) in [5.74, 6) is -0.706. The summed E-state index contributed by atoms with van der Waals surface area (Å²) >= 11 is 1.51. The van der Waals surface area contributed by atoms with E-state index in [0.717, 1.165) is 4.88 Å². The number of hydrogen-bond donors (Lipinski definition) is 5. The number of aromatic hydroxyl groups is 1. The molecule has 2 heterocycles. The zero-order valence-electron chi connectivity index (χ0n) is 15.2. The minimum Gasteiger partial charge on any atom is -0.505 e. The van der Waals surface area contributed by atoms with Crippen LogP contribution in [0.15, 0.2) is 45.3 Å². The lowest BCUT2D eigenvalue weighted by atomic mass is 10.1. The Balaban J connectivity index is 1.98. The van der Waals surface area contributed by atoms with Gasteiger partial charge in [-0.1, -0.05) is 12.1 Å². The summed E-state index contributed by atoms with van der Waals surface area (Å²) in [4.78, 5) is 39.1. The van der Waals surface area contributed by atoms with E-state index in [1.807, 2.05) is 17.5 Å². The molecule has 0 bridgehead atoms. The summed E-state index contributed by atoms with van der Waals surface area (Å²) in [6.45, 7) is 0.351. The number of carbonyl (C=O) groups excluding carboxylic acids is 1. The van der Waals surface area contributed by atoms with E-state index in [1.54, 1.807) is 20.2 Å². The van der Waals surface area contributed by atoms with Crippen molar-refractivity contribution in [3.05, 3.63) is 66.9 Å². The highest BCUT2D eigenvalue weighted by Gasteiger charge is 2.18. The molecule has 3 rings (SSSR count). The molecule has 28 heavy (non-hydrogen) atoms. The lowest BCUT2D eigenvalue weighted by molar-refractivity contribution is 0.0824. The molecule has 10 heteroatoms. The Labute approximate surface area is 163 Å². The molecule has 5 N–H and O–H groups in total. The van der Waals surface area contributed by atoms with E-state index in [-0.39, 0.29) is 28.4 Å². The first-order chi connectivity index (χ1) is 13.4. The van der Waals surface area contributed by atoms with Crippen molar-refractivity contribution in [2.24, 2.45) is 0 Å². The zero-order chi connectivity index (χ0) is 20.3. The topological polar surface area (TPSA) is 130 Å². The van der Waals surface area contributed by atoms with Crippen LogP contribution in [0.1, 0.15) is 15.2 Å². The molecule has 9 nitrogen and oxygen atoms in total. The van der Waals surface area contributed by atoms with E-state index in [9.17, 15) is 19.5 Å². The van der Waals surface area contributed by atoms with Gasteiger partial charge in [0.15, 0.2) is 5.75 Å². The molecule has 0 aliphatic heterocycles. The van der Waals surface area contributed by atoms with Crippen LogP contribution >= 0.6 is 11.3 Å². The van der Waals surface area contributed by atoms with E-state index in [1.165, 1.54) is 28.4 Å². The standard InChI is InChI=1S/C18H19N5O4S/c1-23(2)18(27)11-6-3-7-12(15(11)24)20-14-13(16(25)21-22-17(14)26)19-9-10-5-4-8-28-10/h3-8,24H,9H2,1-2H3,(H2,19,22,26)(H2,20,21,25). The maximum Gasteiger partial charge on any atom is 0.288 e. The SMILES string of the molecule is CN(C)C(=O)c1cccc(Nc2c(NCc3cccs3)c(=O)[nH][nH]c2=O)c1O. The first kappa shape index (κ1) is 19.2. The second-order valence-electron chi connectivity index (χ2n) is 6.12. The molecule has 0 radical (unpaired) electrons. The average molecular weight is 401 g/mol. The Morgan fingerprint density at radius 1 is 1.11 bits per heavy atom. The molecule has 0 saturated carbocycles. The fourth-order valence-electron chi connectivity index (χ4n) is 2.53. The van der Waals surface area contributed by atoms with E-state index in [2.05, 4.69) is 20.8 Å². The van der Waals surface area contributed by atoms with Crippen LogP contribution in [0.2, 0.25) is 0 Å². The monoisotopic (exact) mass is 401 g/mol. The van der Waals surface area contributed by atoms with E-state index in [4.69, 9.17) is 0 Å². The number of para-hydroxylation sites is 1. The summed E-state index contributed by atoms with van der Waals surface area (Å²) in [5, 5.41) is 22.6. The van der Waals surface area contributed by atoms with Crippen molar-refractivity contribution in [3.8, 4) is 5.75 Å². The van der Waals surface area contributed by atoms with Crippen LogP contribution in [-0.2, 0) is 6.54 Å². The number of benzene rings is 1. The highest BCUT2D eigenvalue weighted by Crippen LogP contribution is 2.31. The lowest BCUT2D eigenvalue weighted by Gasteiger charge is -2.16. The van der Waals surface area contributed by atoms with Crippen LogP contribution < -0.4 is 21.8 Å². The number of nitrogens with one attached hydrogen (secondary N) is 4. The Hall–Kier alpha value is -3.53. The number of phenols is 1. The maximum absolute atomic E-state index is 12.3. The number of nitrogens with zero attached hydrogens (tertiary/aromatic N) is 1. The normalized spacial score (nSPS) is 10.5. The van der Waals surface area contributed by atoms with Crippen LogP contribution in [0.25, 0.3) is 0 Å². The Morgan fingerprint density at radius 2 is 1.82 bits per heavy atom. The van der Waals surface area contributed by atoms with Gasteiger partial charge in [-0.3, -0.25) is 24.6 Å². The summed E-state index contributed by atoms with van der Waals surface area (Å²) in [7, 11) is 3.13. The molecule has 146 valence electrons. The summed E-state index contributed by atoms with van der Waals surface area (Å²) < 4.78 is 0. The number of rotatable bonds is 6. The van der Waals surface area contributed by atoms with Gasteiger partial charge in [-0.05, 0) is 23.6 Å². The Morgan fingerprint density at radius 3 is 2.46 bits per heavy atom. The molecule has 0 aliphatic rings. The lowest BCUT2D eigenvalue weighted by Crippen LogP contribution is -2.26. The van der Waals surface area contributed by atoms with Gasteiger partial charge < -0.3 is 20.6 Å². The Kier molecular flexibility index (Phi) is 5.50. The average Bonchev–Trinajstić information content (AvgIpc) is 3.18. The fourth-order valence-corrected chi connectivity index (χ4v) is 3.18. The van der Waals surface area contributed by atoms with Crippen molar-refractivity contribution in [2.75, 3.05) is 24.7 Å².